The first kappa shape index (κ1) is 12.5. The van der Waals surface area contributed by atoms with E-state index in [4.69, 9.17) is 15.9 Å². The van der Waals surface area contributed by atoms with Crippen LogP contribution in [0.15, 0.2) is 21.5 Å². The first-order chi connectivity index (χ1) is 6.91. The van der Waals surface area contributed by atoms with Gasteiger partial charge in [-0.2, -0.15) is 5.26 Å². The molecule has 0 radical (unpaired) electrons. The molecule has 0 amide bonds. The summed E-state index contributed by atoms with van der Waals surface area (Å²) >= 11 is 3.23. The van der Waals surface area contributed by atoms with Crippen molar-refractivity contribution in [2.45, 2.75) is 18.2 Å². The van der Waals surface area contributed by atoms with Crippen molar-refractivity contribution in [3.05, 3.63) is 27.7 Å². The van der Waals surface area contributed by atoms with Crippen molar-refractivity contribution in [2.75, 3.05) is 0 Å². The van der Waals surface area contributed by atoms with Crippen molar-refractivity contribution in [1.82, 2.24) is 0 Å². The van der Waals surface area contributed by atoms with Crippen LogP contribution in [0.1, 0.15) is 18.1 Å². The molecule has 0 bridgehead atoms. The molecule has 0 saturated carbocycles. The van der Waals surface area contributed by atoms with E-state index in [0.29, 0.717) is 16.5 Å². The van der Waals surface area contributed by atoms with E-state index in [2.05, 4.69) is 15.9 Å². The number of rotatable bonds is 2. The van der Waals surface area contributed by atoms with Gasteiger partial charge in [-0.25, -0.2) is 8.42 Å². The molecule has 0 aliphatic rings. The minimum Gasteiger partial charge on any atom is -0.207 e. The van der Waals surface area contributed by atoms with Gasteiger partial charge in [-0.05, 0) is 24.1 Å². The SMILES string of the molecule is CCc1c(Br)ccc(C#N)c1S(=O)(=O)Cl. The Morgan fingerprint density at radius 3 is 2.53 bits per heavy atom. The largest absolute Gasteiger partial charge is 0.262 e. The number of benzene rings is 1. The highest BCUT2D eigenvalue weighted by Gasteiger charge is 2.21. The van der Waals surface area contributed by atoms with Crippen molar-refractivity contribution in [3.8, 4) is 6.07 Å². The standard InChI is InChI=1S/C9H7BrClNO2S/c1-2-7-8(10)4-3-6(5-12)9(7)15(11,13)14/h3-4H,2H2,1H3. The molecule has 0 fully saturated rings. The highest BCUT2D eigenvalue weighted by Crippen LogP contribution is 2.30. The molecule has 0 atom stereocenters. The van der Waals surface area contributed by atoms with Crippen molar-refractivity contribution >= 4 is 35.7 Å². The minimum absolute atomic E-state index is 0.0741. The van der Waals surface area contributed by atoms with Crippen LogP contribution in [0.4, 0.5) is 0 Å². The van der Waals surface area contributed by atoms with Gasteiger partial charge in [0.2, 0.25) is 0 Å². The lowest BCUT2D eigenvalue weighted by atomic mass is 10.1. The van der Waals surface area contributed by atoms with E-state index in [1.54, 1.807) is 13.0 Å². The van der Waals surface area contributed by atoms with Crippen LogP contribution in [0, 0.1) is 11.3 Å². The third-order valence-electron chi connectivity index (χ3n) is 1.92. The van der Waals surface area contributed by atoms with Crippen LogP contribution in [-0.2, 0) is 15.5 Å². The first-order valence-corrected chi connectivity index (χ1v) is 7.18. The van der Waals surface area contributed by atoms with Crippen molar-refractivity contribution < 1.29 is 8.42 Å². The Labute approximate surface area is 101 Å². The van der Waals surface area contributed by atoms with E-state index in [9.17, 15) is 8.42 Å². The molecule has 1 aromatic rings. The van der Waals surface area contributed by atoms with Crippen molar-refractivity contribution in [3.63, 3.8) is 0 Å². The number of hydrogen-bond donors (Lipinski definition) is 0. The van der Waals surface area contributed by atoms with Gasteiger partial charge in [0.25, 0.3) is 9.05 Å². The molecule has 0 heterocycles. The fourth-order valence-electron chi connectivity index (χ4n) is 1.30. The third kappa shape index (κ3) is 2.51. The molecule has 0 aromatic heterocycles. The Hall–Kier alpha value is -0.570. The molecule has 0 aliphatic carbocycles. The van der Waals surface area contributed by atoms with Crippen LogP contribution in [0.3, 0.4) is 0 Å². The monoisotopic (exact) mass is 307 g/mol. The summed E-state index contributed by atoms with van der Waals surface area (Å²) in [6, 6.07) is 4.89. The fraction of sp³-hybridized carbons (Fsp3) is 0.222. The number of nitriles is 1. The quantitative estimate of drug-likeness (QED) is 0.789. The Morgan fingerprint density at radius 2 is 2.13 bits per heavy atom. The lowest BCUT2D eigenvalue weighted by molar-refractivity contribution is 0.608. The zero-order valence-corrected chi connectivity index (χ0v) is 10.9. The maximum atomic E-state index is 11.3. The van der Waals surface area contributed by atoms with E-state index < -0.39 is 9.05 Å². The van der Waals surface area contributed by atoms with E-state index in [1.807, 2.05) is 6.07 Å². The second kappa shape index (κ2) is 4.52. The van der Waals surface area contributed by atoms with Gasteiger partial charge in [-0.15, -0.1) is 0 Å². The second-order valence-electron chi connectivity index (χ2n) is 2.81. The van der Waals surface area contributed by atoms with Crippen LogP contribution < -0.4 is 0 Å². The highest BCUT2D eigenvalue weighted by molar-refractivity contribution is 9.10. The predicted molar refractivity (Wildman–Crippen MR) is 61.3 cm³/mol. The molecule has 3 nitrogen and oxygen atoms in total. The molecule has 0 unspecified atom stereocenters. The molecule has 80 valence electrons. The summed E-state index contributed by atoms with van der Waals surface area (Å²) in [5, 5.41) is 8.80. The van der Waals surface area contributed by atoms with Crippen LogP contribution in [0.5, 0.6) is 0 Å². The fourth-order valence-corrected chi connectivity index (χ4v) is 3.50. The van der Waals surface area contributed by atoms with Crippen LogP contribution in [0.25, 0.3) is 0 Å². The van der Waals surface area contributed by atoms with Gasteiger partial charge in [0.05, 0.1) is 5.56 Å². The molecule has 0 spiro atoms. The average Bonchev–Trinajstić information content (AvgIpc) is 2.15. The molecule has 1 rings (SSSR count). The van der Waals surface area contributed by atoms with Gasteiger partial charge < -0.3 is 0 Å². The summed E-state index contributed by atoms with van der Waals surface area (Å²) in [7, 11) is 1.41. The van der Waals surface area contributed by atoms with Gasteiger partial charge in [0.1, 0.15) is 11.0 Å². The minimum atomic E-state index is -3.89. The molecule has 0 saturated heterocycles. The number of halogens is 2. The van der Waals surface area contributed by atoms with Crippen molar-refractivity contribution in [1.29, 1.82) is 5.26 Å². The predicted octanol–water partition coefficient (Wildman–Crippen LogP) is 2.81. The third-order valence-corrected chi connectivity index (χ3v) is 4.08. The molecular formula is C9H7BrClNO2S. The van der Waals surface area contributed by atoms with Gasteiger partial charge in [-0.1, -0.05) is 22.9 Å². The second-order valence-corrected chi connectivity index (χ2v) is 6.16. The molecule has 1 aromatic carbocycles. The number of hydrogen-bond acceptors (Lipinski definition) is 3. The summed E-state index contributed by atoms with van der Waals surface area (Å²) in [5.41, 5.74) is 0.606. The summed E-state index contributed by atoms with van der Waals surface area (Å²) in [4.78, 5) is -0.0939. The molecule has 6 heteroatoms. The maximum Gasteiger partial charge on any atom is 0.262 e. The van der Waals surface area contributed by atoms with E-state index in [-0.39, 0.29) is 10.5 Å². The van der Waals surface area contributed by atoms with Gasteiger partial charge in [0.15, 0.2) is 0 Å². The summed E-state index contributed by atoms with van der Waals surface area (Å²) < 4.78 is 23.3. The average molecular weight is 309 g/mol. The summed E-state index contributed by atoms with van der Waals surface area (Å²) in [6.45, 7) is 1.80. The van der Waals surface area contributed by atoms with E-state index >= 15 is 0 Å². The smallest absolute Gasteiger partial charge is 0.207 e. The lowest BCUT2D eigenvalue weighted by Gasteiger charge is -2.08. The highest BCUT2D eigenvalue weighted by atomic mass is 79.9. The number of nitrogens with zero attached hydrogens (tertiary/aromatic N) is 1. The Bertz CT molecular complexity index is 534. The van der Waals surface area contributed by atoms with Gasteiger partial charge in [0, 0.05) is 15.2 Å². The van der Waals surface area contributed by atoms with Gasteiger partial charge in [-0.3, -0.25) is 0 Å². The zero-order chi connectivity index (χ0) is 11.6. The van der Waals surface area contributed by atoms with Crippen molar-refractivity contribution in [2.24, 2.45) is 0 Å². The summed E-state index contributed by atoms with van der Waals surface area (Å²) in [5.74, 6) is 0. The Balaban J connectivity index is 3.73. The van der Waals surface area contributed by atoms with Gasteiger partial charge >= 0.3 is 0 Å². The Kier molecular flexibility index (Phi) is 3.77. The van der Waals surface area contributed by atoms with Crippen LogP contribution >= 0.6 is 26.6 Å². The van der Waals surface area contributed by atoms with E-state index in [1.165, 1.54) is 6.07 Å². The first-order valence-electron chi connectivity index (χ1n) is 4.08. The molecule has 0 N–H and O–H groups in total. The van der Waals surface area contributed by atoms with Crippen LogP contribution in [-0.4, -0.2) is 8.42 Å². The Morgan fingerprint density at radius 1 is 1.53 bits per heavy atom. The maximum absolute atomic E-state index is 11.3. The zero-order valence-electron chi connectivity index (χ0n) is 7.79. The molecule has 0 aliphatic heterocycles. The topological polar surface area (TPSA) is 57.9 Å². The van der Waals surface area contributed by atoms with Crippen LogP contribution in [0.2, 0.25) is 0 Å². The normalized spacial score (nSPS) is 11.1. The molecule has 15 heavy (non-hydrogen) atoms. The molecular weight excluding hydrogens is 302 g/mol. The van der Waals surface area contributed by atoms with E-state index in [0.717, 1.165) is 0 Å². The lowest BCUT2D eigenvalue weighted by Crippen LogP contribution is -2.01. The summed E-state index contributed by atoms with van der Waals surface area (Å²) in [6.07, 6.45) is 0.484.